The summed E-state index contributed by atoms with van der Waals surface area (Å²) < 4.78 is 5.14. The zero-order chi connectivity index (χ0) is 13.0. The van der Waals surface area contributed by atoms with Crippen molar-refractivity contribution < 1.29 is 14.5 Å². The molecule has 1 aromatic rings. The third-order valence-electron chi connectivity index (χ3n) is 1.85. The van der Waals surface area contributed by atoms with Crippen LogP contribution >= 0.6 is 11.6 Å². The molecule has 17 heavy (non-hydrogen) atoms. The number of ether oxygens (including phenoxy) is 1. The lowest BCUT2D eigenvalue weighted by Crippen LogP contribution is -2.09. The van der Waals surface area contributed by atoms with Crippen molar-refractivity contribution in [1.82, 2.24) is 0 Å². The van der Waals surface area contributed by atoms with Crippen LogP contribution in [0.25, 0.3) is 0 Å². The van der Waals surface area contributed by atoms with E-state index in [0.717, 1.165) is 0 Å². The van der Waals surface area contributed by atoms with Gasteiger partial charge in [-0.3, -0.25) is 14.9 Å². The largest absolute Gasteiger partial charge is 0.494 e. The molecule has 92 valence electrons. The number of rotatable bonds is 4. The normalized spacial score (nSPS) is 9.82. The lowest BCUT2D eigenvalue weighted by molar-refractivity contribution is -0.384. The number of carbonyl (C=O) groups excluding carboxylic acids is 1. The number of hydrogen-bond acceptors (Lipinski definition) is 4. The number of nitro groups is 1. The van der Waals surface area contributed by atoms with Gasteiger partial charge in [0.25, 0.3) is 5.69 Å². The van der Waals surface area contributed by atoms with E-state index in [1.54, 1.807) is 6.92 Å². The monoisotopic (exact) mass is 258 g/mol. The third-order valence-corrected chi connectivity index (χ3v) is 2.15. The summed E-state index contributed by atoms with van der Waals surface area (Å²) >= 11 is 5.86. The molecule has 0 unspecified atom stereocenters. The molecule has 0 fully saturated rings. The van der Waals surface area contributed by atoms with Gasteiger partial charge in [0, 0.05) is 13.0 Å². The fourth-order valence-electron chi connectivity index (χ4n) is 1.26. The predicted octanol–water partition coefficient (Wildman–Crippen LogP) is 2.61. The number of carbonyl (C=O) groups is 1. The first-order valence-electron chi connectivity index (χ1n) is 4.84. The maximum Gasteiger partial charge on any atom is 0.298 e. The molecule has 0 aromatic heterocycles. The highest BCUT2D eigenvalue weighted by atomic mass is 35.5. The quantitative estimate of drug-likeness (QED) is 0.665. The summed E-state index contributed by atoms with van der Waals surface area (Å²) in [6.07, 6.45) is 0. The summed E-state index contributed by atoms with van der Waals surface area (Å²) in [5, 5.41) is 13.2. The van der Waals surface area contributed by atoms with Gasteiger partial charge in [-0.25, -0.2) is 0 Å². The van der Waals surface area contributed by atoms with E-state index in [2.05, 4.69) is 5.32 Å². The van der Waals surface area contributed by atoms with Crippen LogP contribution in [0.2, 0.25) is 5.02 Å². The number of halogens is 1. The van der Waals surface area contributed by atoms with Crippen molar-refractivity contribution in [3.8, 4) is 5.75 Å². The van der Waals surface area contributed by atoms with E-state index >= 15 is 0 Å². The van der Waals surface area contributed by atoms with Gasteiger partial charge in [-0.1, -0.05) is 11.6 Å². The van der Waals surface area contributed by atoms with Gasteiger partial charge in [-0.05, 0) is 6.92 Å². The van der Waals surface area contributed by atoms with Crippen LogP contribution in [0.3, 0.4) is 0 Å². The SMILES string of the molecule is CCOc1cc(Cl)c(NC(C)=O)c([N+](=O)[O-])c1. The van der Waals surface area contributed by atoms with Crippen LogP contribution < -0.4 is 10.1 Å². The Balaban J connectivity index is 3.27. The zero-order valence-electron chi connectivity index (χ0n) is 9.32. The smallest absolute Gasteiger partial charge is 0.298 e. The lowest BCUT2D eigenvalue weighted by atomic mass is 10.2. The molecule has 0 aliphatic carbocycles. The van der Waals surface area contributed by atoms with Crippen molar-refractivity contribution in [2.45, 2.75) is 13.8 Å². The van der Waals surface area contributed by atoms with Crippen LogP contribution in [-0.2, 0) is 4.79 Å². The Morgan fingerprint density at radius 1 is 1.59 bits per heavy atom. The van der Waals surface area contributed by atoms with Gasteiger partial charge in [-0.15, -0.1) is 0 Å². The highest BCUT2D eigenvalue weighted by Gasteiger charge is 2.20. The first kappa shape index (κ1) is 13.2. The standard InChI is InChI=1S/C10H11ClN2O4/c1-3-17-7-4-8(11)10(12-6(2)14)9(5-7)13(15)16/h4-5H,3H2,1-2H3,(H,12,14). The molecule has 7 heteroatoms. The predicted molar refractivity (Wildman–Crippen MR) is 63.6 cm³/mol. The van der Waals surface area contributed by atoms with Crippen molar-refractivity contribution in [3.05, 3.63) is 27.3 Å². The van der Waals surface area contributed by atoms with Crippen molar-refractivity contribution in [3.63, 3.8) is 0 Å². The van der Waals surface area contributed by atoms with Crippen molar-refractivity contribution in [2.24, 2.45) is 0 Å². The molecule has 0 spiro atoms. The number of hydrogen-bond donors (Lipinski definition) is 1. The minimum atomic E-state index is -0.625. The van der Waals surface area contributed by atoms with Gasteiger partial charge in [0.2, 0.25) is 5.91 Å². The Kier molecular flexibility index (Phi) is 4.28. The Hall–Kier alpha value is -1.82. The molecule has 0 bridgehead atoms. The van der Waals surface area contributed by atoms with E-state index in [0.29, 0.717) is 12.4 Å². The molecule has 0 atom stereocenters. The van der Waals surface area contributed by atoms with Crippen molar-refractivity contribution in [1.29, 1.82) is 0 Å². The Morgan fingerprint density at radius 3 is 2.71 bits per heavy atom. The molecule has 0 heterocycles. The summed E-state index contributed by atoms with van der Waals surface area (Å²) in [6, 6.07) is 2.64. The van der Waals surface area contributed by atoms with Gasteiger partial charge in [-0.2, -0.15) is 0 Å². The van der Waals surface area contributed by atoms with Crippen LogP contribution in [0, 0.1) is 10.1 Å². The third kappa shape index (κ3) is 3.32. The number of nitro benzene ring substituents is 1. The van der Waals surface area contributed by atoms with Crippen LogP contribution in [0.15, 0.2) is 12.1 Å². The van der Waals surface area contributed by atoms with Gasteiger partial charge in [0.15, 0.2) is 0 Å². The zero-order valence-corrected chi connectivity index (χ0v) is 10.1. The molecule has 0 aliphatic rings. The summed E-state index contributed by atoms with van der Waals surface area (Å²) in [6.45, 7) is 3.37. The van der Waals surface area contributed by atoms with Crippen molar-refractivity contribution >= 4 is 28.9 Å². The minimum Gasteiger partial charge on any atom is -0.494 e. The molecule has 1 N–H and O–H groups in total. The lowest BCUT2D eigenvalue weighted by Gasteiger charge is -2.09. The van der Waals surface area contributed by atoms with Crippen LogP contribution in [-0.4, -0.2) is 17.4 Å². The van der Waals surface area contributed by atoms with Gasteiger partial charge in [0.1, 0.15) is 11.4 Å². The van der Waals surface area contributed by atoms with Crippen molar-refractivity contribution in [2.75, 3.05) is 11.9 Å². The molecule has 6 nitrogen and oxygen atoms in total. The minimum absolute atomic E-state index is 0.0207. The van der Waals surface area contributed by atoms with Crippen LogP contribution in [0.5, 0.6) is 5.75 Å². The first-order chi connectivity index (χ1) is 7.95. The molecule has 1 rings (SSSR count). The van der Waals surface area contributed by atoms with E-state index in [4.69, 9.17) is 16.3 Å². The molecular weight excluding hydrogens is 248 g/mol. The number of nitrogens with zero attached hydrogens (tertiary/aromatic N) is 1. The summed E-state index contributed by atoms with van der Waals surface area (Å²) in [5.41, 5.74) is -0.316. The Bertz CT molecular complexity index is 462. The van der Waals surface area contributed by atoms with Gasteiger partial charge >= 0.3 is 0 Å². The fourth-order valence-corrected chi connectivity index (χ4v) is 1.51. The van der Waals surface area contributed by atoms with E-state index in [1.807, 2.05) is 0 Å². The maximum absolute atomic E-state index is 10.9. The second kappa shape index (κ2) is 5.49. The number of nitrogens with one attached hydrogen (secondary N) is 1. The Labute approximate surface area is 103 Å². The Morgan fingerprint density at radius 2 is 2.24 bits per heavy atom. The highest BCUT2D eigenvalue weighted by molar-refractivity contribution is 6.34. The average Bonchev–Trinajstić information content (AvgIpc) is 2.21. The van der Waals surface area contributed by atoms with Gasteiger partial charge < -0.3 is 10.1 Å². The second-order valence-electron chi connectivity index (χ2n) is 3.17. The number of anilines is 1. The summed E-state index contributed by atoms with van der Waals surface area (Å²) in [5.74, 6) is -0.141. The highest BCUT2D eigenvalue weighted by Crippen LogP contribution is 2.36. The molecule has 0 saturated carbocycles. The van der Waals surface area contributed by atoms with Crippen LogP contribution in [0.1, 0.15) is 13.8 Å². The topological polar surface area (TPSA) is 81.5 Å². The summed E-state index contributed by atoms with van der Waals surface area (Å²) in [4.78, 5) is 21.2. The van der Waals surface area contributed by atoms with E-state index in [-0.39, 0.29) is 16.4 Å². The molecule has 1 aromatic carbocycles. The van der Waals surface area contributed by atoms with E-state index in [9.17, 15) is 14.9 Å². The average molecular weight is 259 g/mol. The molecular formula is C10H11ClN2O4. The molecule has 0 saturated heterocycles. The molecule has 0 radical (unpaired) electrons. The van der Waals surface area contributed by atoms with Gasteiger partial charge in [0.05, 0.1) is 22.6 Å². The molecule has 0 aliphatic heterocycles. The molecule has 1 amide bonds. The first-order valence-corrected chi connectivity index (χ1v) is 5.21. The maximum atomic E-state index is 10.9. The second-order valence-corrected chi connectivity index (χ2v) is 3.58. The number of benzene rings is 1. The van der Waals surface area contributed by atoms with E-state index in [1.165, 1.54) is 19.1 Å². The van der Waals surface area contributed by atoms with Crippen LogP contribution in [0.4, 0.5) is 11.4 Å². The summed E-state index contributed by atoms with van der Waals surface area (Å²) in [7, 11) is 0. The fraction of sp³-hybridized carbons (Fsp3) is 0.300. The number of amides is 1. The van der Waals surface area contributed by atoms with E-state index < -0.39 is 10.8 Å².